The molecule has 5 nitrogen and oxygen atoms in total. The van der Waals surface area contributed by atoms with Crippen molar-refractivity contribution in [3.63, 3.8) is 0 Å². The quantitative estimate of drug-likeness (QED) is 0.666. The van der Waals surface area contributed by atoms with E-state index in [1.165, 1.54) is 0 Å². The van der Waals surface area contributed by atoms with E-state index in [1.54, 1.807) is 4.90 Å². The summed E-state index contributed by atoms with van der Waals surface area (Å²) in [7, 11) is -3.05. The van der Waals surface area contributed by atoms with Gasteiger partial charge in [0.2, 0.25) is 0 Å². The van der Waals surface area contributed by atoms with Crippen LogP contribution >= 0.6 is 15.9 Å². The Labute approximate surface area is 168 Å². The summed E-state index contributed by atoms with van der Waals surface area (Å²) in [5.74, 6) is 0.663. The fourth-order valence-corrected chi connectivity index (χ4v) is 5.60. The summed E-state index contributed by atoms with van der Waals surface area (Å²) in [5.41, 5.74) is 0. The van der Waals surface area contributed by atoms with Gasteiger partial charge in [-0.3, -0.25) is 4.79 Å². The second-order valence-electron chi connectivity index (χ2n) is 7.06. The van der Waals surface area contributed by atoms with Gasteiger partial charge in [-0.2, -0.15) is 0 Å². The number of carbonyl (C=O) groups is 1. The van der Waals surface area contributed by atoms with Crippen molar-refractivity contribution >= 4 is 42.4 Å². The van der Waals surface area contributed by atoms with Crippen LogP contribution in [0.4, 0.5) is 0 Å². The van der Waals surface area contributed by atoms with Crippen molar-refractivity contribution in [3.8, 4) is 5.75 Å². The molecule has 1 amide bonds. The van der Waals surface area contributed by atoms with Gasteiger partial charge >= 0.3 is 0 Å². The fourth-order valence-electron chi connectivity index (χ4n) is 3.50. The topological polar surface area (TPSA) is 63.7 Å². The number of benzene rings is 2. The summed E-state index contributed by atoms with van der Waals surface area (Å²) in [6.45, 7) is 3.86. The summed E-state index contributed by atoms with van der Waals surface area (Å²) in [6, 6.07) is 11.4. The van der Waals surface area contributed by atoms with E-state index in [0.29, 0.717) is 12.2 Å². The largest absolute Gasteiger partial charge is 0.484 e. The van der Waals surface area contributed by atoms with Crippen molar-refractivity contribution in [3.05, 3.63) is 40.9 Å². The van der Waals surface area contributed by atoms with E-state index in [1.807, 2.05) is 50.2 Å². The third kappa shape index (κ3) is 4.82. The molecule has 0 unspecified atom stereocenters. The number of amides is 1. The van der Waals surface area contributed by atoms with Crippen LogP contribution in [0.2, 0.25) is 0 Å². The smallest absolute Gasteiger partial charge is 0.261 e. The van der Waals surface area contributed by atoms with Crippen molar-refractivity contribution in [2.75, 3.05) is 18.1 Å². The first-order chi connectivity index (χ1) is 12.8. The molecule has 7 heteroatoms. The number of hydrogen-bond donors (Lipinski definition) is 0. The SMILES string of the molecule is CC[C@H](C)N(C(=O)COc1ccc2cc(Br)ccc2c1)[C@@H]1CCS(=O)(=O)C1. The predicted octanol–water partition coefficient (Wildman–Crippen LogP) is 3.80. The van der Waals surface area contributed by atoms with Gasteiger partial charge in [-0.05, 0) is 54.8 Å². The normalized spacial score (nSPS) is 19.7. The van der Waals surface area contributed by atoms with Crippen molar-refractivity contribution in [2.24, 2.45) is 0 Å². The van der Waals surface area contributed by atoms with Gasteiger partial charge in [-0.1, -0.05) is 35.0 Å². The lowest BCUT2D eigenvalue weighted by Crippen LogP contribution is -2.48. The van der Waals surface area contributed by atoms with Gasteiger partial charge in [0, 0.05) is 16.6 Å². The molecule has 0 spiro atoms. The molecule has 1 saturated heterocycles. The van der Waals surface area contributed by atoms with E-state index in [-0.39, 0.29) is 36.1 Å². The lowest BCUT2D eigenvalue weighted by Gasteiger charge is -2.33. The molecular weight excluding hydrogens is 430 g/mol. The summed E-state index contributed by atoms with van der Waals surface area (Å²) < 4.78 is 30.4. The minimum absolute atomic E-state index is 0.0200. The van der Waals surface area contributed by atoms with E-state index >= 15 is 0 Å². The molecule has 1 heterocycles. The Balaban J connectivity index is 1.71. The molecule has 0 N–H and O–H groups in total. The van der Waals surface area contributed by atoms with E-state index in [2.05, 4.69) is 15.9 Å². The van der Waals surface area contributed by atoms with Gasteiger partial charge in [0.15, 0.2) is 16.4 Å². The Hall–Kier alpha value is -1.60. The molecule has 1 aliphatic heterocycles. The van der Waals surface area contributed by atoms with Crippen LogP contribution in [0.1, 0.15) is 26.7 Å². The number of hydrogen-bond acceptors (Lipinski definition) is 4. The third-order valence-electron chi connectivity index (χ3n) is 5.09. The number of fused-ring (bicyclic) bond motifs is 1. The lowest BCUT2D eigenvalue weighted by molar-refractivity contribution is -0.137. The molecule has 0 saturated carbocycles. The number of rotatable bonds is 6. The third-order valence-corrected chi connectivity index (χ3v) is 7.34. The maximum Gasteiger partial charge on any atom is 0.261 e. The Morgan fingerprint density at radius 3 is 2.63 bits per heavy atom. The first kappa shape index (κ1) is 20.1. The van der Waals surface area contributed by atoms with Crippen LogP contribution in [0.15, 0.2) is 40.9 Å². The summed E-state index contributed by atoms with van der Waals surface area (Å²) >= 11 is 3.45. The highest BCUT2D eigenvalue weighted by Gasteiger charge is 2.36. The Kier molecular flexibility index (Phi) is 6.11. The zero-order valence-electron chi connectivity index (χ0n) is 15.5. The Bertz CT molecular complexity index is 944. The average molecular weight is 454 g/mol. The van der Waals surface area contributed by atoms with Crippen LogP contribution in [0, 0.1) is 0 Å². The van der Waals surface area contributed by atoms with E-state index in [4.69, 9.17) is 4.74 Å². The summed E-state index contributed by atoms with van der Waals surface area (Å²) in [4.78, 5) is 14.5. The molecular formula is C20H24BrNO4S. The minimum Gasteiger partial charge on any atom is -0.484 e. The second-order valence-corrected chi connectivity index (χ2v) is 10.2. The molecule has 1 fully saturated rings. The van der Waals surface area contributed by atoms with Gasteiger partial charge in [-0.15, -0.1) is 0 Å². The number of nitrogens with zero attached hydrogens (tertiary/aromatic N) is 1. The first-order valence-electron chi connectivity index (χ1n) is 9.13. The van der Waals surface area contributed by atoms with E-state index < -0.39 is 9.84 Å². The molecule has 0 radical (unpaired) electrons. The number of carbonyl (C=O) groups excluding carboxylic acids is 1. The van der Waals surface area contributed by atoms with Crippen molar-refractivity contribution in [2.45, 2.75) is 38.8 Å². The highest BCUT2D eigenvalue weighted by Crippen LogP contribution is 2.25. The lowest BCUT2D eigenvalue weighted by atomic mass is 10.1. The maximum absolute atomic E-state index is 12.8. The Morgan fingerprint density at radius 2 is 1.96 bits per heavy atom. The average Bonchev–Trinajstić information content (AvgIpc) is 2.99. The molecule has 2 atom stereocenters. The second kappa shape index (κ2) is 8.19. The molecule has 27 heavy (non-hydrogen) atoms. The number of ether oxygens (including phenoxy) is 1. The highest BCUT2D eigenvalue weighted by molar-refractivity contribution is 9.10. The van der Waals surface area contributed by atoms with Crippen molar-refractivity contribution < 1.29 is 17.9 Å². The van der Waals surface area contributed by atoms with Gasteiger partial charge in [0.25, 0.3) is 5.91 Å². The maximum atomic E-state index is 12.8. The number of halogens is 1. The molecule has 0 bridgehead atoms. The van der Waals surface area contributed by atoms with E-state index in [0.717, 1.165) is 21.7 Å². The van der Waals surface area contributed by atoms with Crippen LogP contribution in [-0.4, -0.2) is 49.4 Å². The molecule has 1 aliphatic rings. The zero-order valence-corrected chi connectivity index (χ0v) is 17.9. The van der Waals surface area contributed by atoms with Crippen molar-refractivity contribution in [1.82, 2.24) is 4.90 Å². The first-order valence-corrected chi connectivity index (χ1v) is 11.7. The van der Waals surface area contributed by atoms with Gasteiger partial charge in [0.1, 0.15) is 5.75 Å². The minimum atomic E-state index is -3.05. The van der Waals surface area contributed by atoms with E-state index in [9.17, 15) is 13.2 Å². The molecule has 146 valence electrons. The van der Waals surface area contributed by atoms with Crippen LogP contribution in [-0.2, 0) is 14.6 Å². The zero-order chi connectivity index (χ0) is 19.6. The monoisotopic (exact) mass is 453 g/mol. The standard InChI is InChI=1S/C20H24BrNO4S/c1-3-14(2)22(18-8-9-27(24,25)13-18)20(23)12-26-19-7-5-15-10-17(21)6-4-16(15)11-19/h4-7,10-11,14,18H,3,8-9,12-13H2,1-2H3/t14-,18+/m0/s1. The van der Waals surface area contributed by atoms with Crippen LogP contribution in [0.5, 0.6) is 5.75 Å². The van der Waals surface area contributed by atoms with Gasteiger partial charge < -0.3 is 9.64 Å². The van der Waals surface area contributed by atoms with Crippen LogP contribution < -0.4 is 4.74 Å². The van der Waals surface area contributed by atoms with Crippen molar-refractivity contribution in [1.29, 1.82) is 0 Å². The summed E-state index contributed by atoms with van der Waals surface area (Å²) in [5, 5.41) is 2.12. The summed E-state index contributed by atoms with van der Waals surface area (Å²) in [6.07, 6.45) is 1.27. The van der Waals surface area contributed by atoms with Gasteiger partial charge in [0.05, 0.1) is 11.5 Å². The predicted molar refractivity (Wildman–Crippen MR) is 111 cm³/mol. The molecule has 0 aliphatic carbocycles. The Morgan fingerprint density at radius 1 is 1.26 bits per heavy atom. The van der Waals surface area contributed by atoms with Crippen LogP contribution in [0.25, 0.3) is 10.8 Å². The molecule has 2 aromatic rings. The highest BCUT2D eigenvalue weighted by atomic mass is 79.9. The number of sulfone groups is 1. The molecule has 3 rings (SSSR count). The molecule has 0 aromatic heterocycles. The van der Waals surface area contributed by atoms with Crippen LogP contribution in [0.3, 0.4) is 0 Å². The fraction of sp³-hybridized carbons (Fsp3) is 0.450. The molecule has 2 aromatic carbocycles. The van der Waals surface area contributed by atoms with Gasteiger partial charge in [-0.25, -0.2) is 8.42 Å².